The quantitative estimate of drug-likeness (QED) is 0.516. The smallest absolute Gasteiger partial charge is 0.416 e. The van der Waals surface area contributed by atoms with Crippen LogP contribution in [0.5, 0.6) is 0 Å². The van der Waals surface area contributed by atoms with E-state index in [-0.39, 0.29) is 5.91 Å². The molecule has 1 fully saturated rings. The van der Waals surface area contributed by atoms with E-state index >= 15 is 0 Å². The predicted octanol–water partition coefficient (Wildman–Crippen LogP) is 2.10. The van der Waals surface area contributed by atoms with Crippen LogP contribution in [0.3, 0.4) is 0 Å². The van der Waals surface area contributed by atoms with Crippen LogP contribution in [-0.2, 0) is 9.53 Å². The average Bonchev–Trinajstić information content (AvgIpc) is 2.58. The zero-order valence-electron chi connectivity index (χ0n) is 9.12. The number of cyclic esters (lactones) is 1. The number of imide groups is 1. The molecule has 0 aromatic heterocycles. The molecule has 1 aliphatic rings. The Morgan fingerprint density at radius 3 is 2.67 bits per heavy atom. The van der Waals surface area contributed by atoms with E-state index in [0.717, 1.165) is 24.8 Å². The SMILES string of the molecule is C=C(C)CCCCC(=O)N1CCOC1=O. The molecule has 84 valence electrons. The van der Waals surface area contributed by atoms with Crippen molar-refractivity contribution in [1.82, 2.24) is 4.90 Å². The molecular formula is C11H17NO3. The molecule has 0 aliphatic carbocycles. The second-order valence-electron chi connectivity index (χ2n) is 3.82. The first-order valence-corrected chi connectivity index (χ1v) is 5.23. The number of unbranched alkanes of at least 4 members (excludes halogenated alkanes) is 1. The zero-order chi connectivity index (χ0) is 11.3. The molecule has 0 aromatic rings. The third kappa shape index (κ3) is 3.73. The summed E-state index contributed by atoms with van der Waals surface area (Å²) >= 11 is 0. The van der Waals surface area contributed by atoms with Gasteiger partial charge in [-0.2, -0.15) is 0 Å². The Hall–Kier alpha value is -1.32. The van der Waals surface area contributed by atoms with Crippen LogP contribution in [0.4, 0.5) is 4.79 Å². The van der Waals surface area contributed by atoms with Gasteiger partial charge in [0.2, 0.25) is 5.91 Å². The Kier molecular flexibility index (Phi) is 4.34. The lowest BCUT2D eigenvalue weighted by Crippen LogP contribution is -2.31. The predicted molar refractivity (Wildman–Crippen MR) is 56.3 cm³/mol. The molecule has 15 heavy (non-hydrogen) atoms. The molecule has 0 atom stereocenters. The second-order valence-corrected chi connectivity index (χ2v) is 3.82. The lowest BCUT2D eigenvalue weighted by molar-refractivity contribution is -0.127. The van der Waals surface area contributed by atoms with Gasteiger partial charge in [-0.1, -0.05) is 5.57 Å². The summed E-state index contributed by atoms with van der Waals surface area (Å²) in [5.41, 5.74) is 1.13. The van der Waals surface area contributed by atoms with Crippen LogP contribution in [0.15, 0.2) is 12.2 Å². The van der Waals surface area contributed by atoms with Crippen LogP contribution in [-0.4, -0.2) is 30.1 Å². The number of hydrogen-bond donors (Lipinski definition) is 0. The third-order valence-corrected chi connectivity index (χ3v) is 2.31. The molecule has 0 radical (unpaired) electrons. The topological polar surface area (TPSA) is 46.6 Å². The van der Waals surface area contributed by atoms with Gasteiger partial charge >= 0.3 is 6.09 Å². The Morgan fingerprint density at radius 2 is 2.13 bits per heavy atom. The first-order chi connectivity index (χ1) is 7.11. The minimum absolute atomic E-state index is 0.126. The third-order valence-electron chi connectivity index (χ3n) is 2.31. The number of carbonyl (C=O) groups excluding carboxylic acids is 2. The minimum Gasteiger partial charge on any atom is -0.447 e. The average molecular weight is 211 g/mol. The highest BCUT2D eigenvalue weighted by molar-refractivity contribution is 5.92. The van der Waals surface area contributed by atoms with Crippen LogP contribution in [0.2, 0.25) is 0 Å². The summed E-state index contributed by atoms with van der Waals surface area (Å²) in [7, 11) is 0. The summed E-state index contributed by atoms with van der Waals surface area (Å²) in [5.74, 6) is -0.126. The molecule has 4 heteroatoms. The molecule has 0 N–H and O–H groups in total. The largest absolute Gasteiger partial charge is 0.447 e. The van der Waals surface area contributed by atoms with Gasteiger partial charge in [-0.25, -0.2) is 9.69 Å². The van der Waals surface area contributed by atoms with Gasteiger partial charge in [0.15, 0.2) is 0 Å². The maximum Gasteiger partial charge on any atom is 0.416 e. The molecule has 1 saturated heterocycles. The summed E-state index contributed by atoms with van der Waals surface area (Å²) in [6.45, 7) is 6.49. The number of nitrogens with zero attached hydrogens (tertiary/aromatic N) is 1. The summed E-state index contributed by atoms with van der Waals surface area (Å²) in [4.78, 5) is 23.7. The highest BCUT2D eigenvalue weighted by atomic mass is 16.6. The van der Waals surface area contributed by atoms with Crippen molar-refractivity contribution in [3.63, 3.8) is 0 Å². The summed E-state index contributed by atoms with van der Waals surface area (Å²) < 4.78 is 4.68. The molecule has 0 aromatic carbocycles. The van der Waals surface area contributed by atoms with Crippen LogP contribution < -0.4 is 0 Å². The number of carbonyl (C=O) groups is 2. The summed E-state index contributed by atoms with van der Waals surface area (Å²) in [6.07, 6.45) is 2.61. The fraction of sp³-hybridized carbons (Fsp3) is 0.636. The molecule has 0 saturated carbocycles. The zero-order valence-corrected chi connectivity index (χ0v) is 9.12. The highest BCUT2D eigenvalue weighted by Crippen LogP contribution is 2.10. The Morgan fingerprint density at radius 1 is 1.47 bits per heavy atom. The highest BCUT2D eigenvalue weighted by Gasteiger charge is 2.27. The molecule has 4 nitrogen and oxygen atoms in total. The van der Waals surface area contributed by atoms with Crippen molar-refractivity contribution in [2.75, 3.05) is 13.2 Å². The normalized spacial score (nSPS) is 15.3. The maximum atomic E-state index is 11.5. The number of allylic oxidation sites excluding steroid dienone is 1. The summed E-state index contributed by atoms with van der Waals surface area (Å²) in [5, 5.41) is 0. The van der Waals surface area contributed by atoms with Crippen LogP contribution in [0.1, 0.15) is 32.6 Å². The van der Waals surface area contributed by atoms with Gasteiger partial charge in [0.05, 0.1) is 6.54 Å². The number of hydrogen-bond acceptors (Lipinski definition) is 3. The second kappa shape index (κ2) is 5.53. The van der Waals surface area contributed by atoms with E-state index in [1.807, 2.05) is 6.92 Å². The number of amides is 2. The Labute approximate surface area is 89.9 Å². The van der Waals surface area contributed by atoms with Gasteiger partial charge in [0, 0.05) is 6.42 Å². The van der Waals surface area contributed by atoms with Crippen LogP contribution >= 0.6 is 0 Å². The van der Waals surface area contributed by atoms with Gasteiger partial charge in [-0.05, 0) is 26.2 Å². The standard InChI is InChI=1S/C11H17NO3/c1-9(2)5-3-4-6-10(13)12-7-8-15-11(12)14/h1,3-8H2,2H3. The van der Waals surface area contributed by atoms with Gasteiger partial charge in [0.1, 0.15) is 6.61 Å². The Balaban J connectivity index is 2.18. The van der Waals surface area contributed by atoms with Crippen molar-refractivity contribution < 1.29 is 14.3 Å². The number of ether oxygens (including phenoxy) is 1. The molecular weight excluding hydrogens is 194 g/mol. The van der Waals surface area contributed by atoms with Crippen molar-refractivity contribution in [2.24, 2.45) is 0 Å². The molecule has 2 amide bonds. The van der Waals surface area contributed by atoms with Crippen molar-refractivity contribution in [3.8, 4) is 0 Å². The molecule has 1 heterocycles. The minimum atomic E-state index is -0.500. The van der Waals surface area contributed by atoms with E-state index < -0.39 is 6.09 Å². The van der Waals surface area contributed by atoms with E-state index in [0.29, 0.717) is 19.6 Å². The van der Waals surface area contributed by atoms with Gasteiger partial charge in [0.25, 0.3) is 0 Å². The van der Waals surface area contributed by atoms with Crippen molar-refractivity contribution >= 4 is 12.0 Å². The fourth-order valence-electron chi connectivity index (χ4n) is 1.46. The first kappa shape index (κ1) is 11.8. The molecule has 0 bridgehead atoms. The van der Waals surface area contributed by atoms with Crippen molar-refractivity contribution in [1.29, 1.82) is 0 Å². The van der Waals surface area contributed by atoms with Crippen molar-refractivity contribution in [2.45, 2.75) is 32.6 Å². The molecule has 1 rings (SSSR count). The van der Waals surface area contributed by atoms with Gasteiger partial charge in [-0.15, -0.1) is 6.58 Å². The van der Waals surface area contributed by atoms with Crippen molar-refractivity contribution in [3.05, 3.63) is 12.2 Å². The van der Waals surface area contributed by atoms with E-state index in [1.54, 1.807) is 0 Å². The van der Waals surface area contributed by atoms with E-state index in [4.69, 9.17) is 0 Å². The van der Waals surface area contributed by atoms with E-state index in [2.05, 4.69) is 11.3 Å². The fourth-order valence-corrected chi connectivity index (χ4v) is 1.46. The first-order valence-electron chi connectivity index (χ1n) is 5.23. The lowest BCUT2D eigenvalue weighted by atomic mass is 10.1. The Bertz CT molecular complexity index is 273. The molecule has 0 unspecified atom stereocenters. The van der Waals surface area contributed by atoms with Gasteiger partial charge < -0.3 is 4.74 Å². The van der Waals surface area contributed by atoms with Crippen LogP contribution in [0.25, 0.3) is 0 Å². The molecule has 0 spiro atoms. The summed E-state index contributed by atoms with van der Waals surface area (Å²) in [6, 6.07) is 0. The lowest BCUT2D eigenvalue weighted by Gasteiger charge is -2.09. The van der Waals surface area contributed by atoms with E-state index in [9.17, 15) is 9.59 Å². The van der Waals surface area contributed by atoms with E-state index in [1.165, 1.54) is 4.90 Å². The molecule has 1 aliphatic heterocycles. The number of rotatable bonds is 5. The monoisotopic (exact) mass is 211 g/mol. The van der Waals surface area contributed by atoms with Gasteiger partial charge in [-0.3, -0.25) is 4.79 Å². The maximum absolute atomic E-state index is 11.5. The van der Waals surface area contributed by atoms with Crippen LogP contribution in [0, 0.1) is 0 Å².